The normalized spacial score (nSPS) is 11.3. The van der Waals surface area contributed by atoms with Gasteiger partial charge in [0.05, 0.1) is 13.2 Å². The molecule has 0 unspecified atom stereocenters. The summed E-state index contributed by atoms with van der Waals surface area (Å²) in [5.74, 6) is 0.142. The summed E-state index contributed by atoms with van der Waals surface area (Å²) in [7, 11) is 0. The Kier molecular flexibility index (Phi) is 7.67. The van der Waals surface area contributed by atoms with Crippen LogP contribution >= 0.6 is 0 Å². The number of esters is 1. The summed E-state index contributed by atoms with van der Waals surface area (Å²) in [6.45, 7) is 7.54. The lowest BCUT2D eigenvalue weighted by Gasteiger charge is -2.22. The number of aromatic nitrogens is 5. The number of hydrogen-bond acceptors (Lipinski definition) is 7. The van der Waals surface area contributed by atoms with Crippen LogP contribution in [0.5, 0.6) is 0 Å². The minimum atomic E-state index is -0.395. The zero-order valence-electron chi connectivity index (χ0n) is 20.3. The topological polar surface area (TPSA) is 106 Å². The van der Waals surface area contributed by atoms with Crippen molar-refractivity contribution in [2.45, 2.75) is 46.8 Å². The monoisotopic (exact) mass is 474 g/mol. The maximum absolute atomic E-state index is 13.0. The lowest BCUT2D eigenvalue weighted by atomic mass is 10.0. The fraction of sp³-hybridized carbons (Fsp3) is 0.346. The third-order valence-corrected chi connectivity index (χ3v) is 5.90. The van der Waals surface area contributed by atoms with E-state index in [2.05, 4.69) is 43.6 Å². The van der Waals surface area contributed by atoms with Crippen molar-refractivity contribution in [3.8, 4) is 0 Å². The molecule has 9 heteroatoms. The van der Waals surface area contributed by atoms with E-state index in [-0.39, 0.29) is 12.1 Å². The van der Waals surface area contributed by atoms with E-state index in [0.717, 1.165) is 28.5 Å². The number of benzene rings is 2. The van der Waals surface area contributed by atoms with Crippen LogP contribution in [0.15, 0.2) is 53.3 Å². The summed E-state index contributed by atoms with van der Waals surface area (Å²) < 4.78 is 6.49. The molecule has 4 rings (SSSR count). The highest BCUT2D eigenvalue weighted by Crippen LogP contribution is 2.19. The SMILES string of the molecule is CCOC(=O)Cn1nnnc1CN(CCc1ccccc1)Cc1cc2c(C)cc(C)cc2[nH]c1=O. The van der Waals surface area contributed by atoms with Crippen molar-refractivity contribution in [3.63, 3.8) is 0 Å². The van der Waals surface area contributed by atoms with E-state index >= 15 is 0 Å². The average molecular weight is 475 g/mol. The molecule has 0 aliphatic heterocycles. The third-order valence-electron chi connectivity index (χ3n) is 5.90. The Bertz CT molecular complexity index is 1360. The first-order valence-corrected chi connectivity index (χ1v) is 11.7. The molecular formula is C26H30N6O3. The first kappa shape index (κ1) is 24.3. The van der Waals surface area contributed by atoms with Crippen molar-refractivity contribution in [1.29, 1.82) is 0 Å². The molecule has 0 atom stereocenters. The van der Waals surface area contributed by atoms with Gasteiger partial charge in [-0.3, -0.25) is 14.5 Å². The molecule has 0 saturated carbocycles. The second-order valence-electron chi connectivity index (χ2n) is 8.67. The van der Waals surface area contributed by atoms with Crippen molar-refractivity contribution < 1.29 is 9.53 Å². The number of aryl methyl sites for hydroxylation is 2. The Labute approximate surface area is 203 Å². The highest BCUT2D eigenvalue weighted by molar-refractivity contribution is 5.83. The predicted molar refractivity (Wildman–Crippen MR) is 133 cm³/mol. The van der Waals surface area contributed by atoms with Crippen molar-refractivity contribution in [2.75, 3.05) is 13.2 Å². The second kappa shape index (κ2) is 11.1. The van der Waals surface area contributed by atoms with Crippen LogP contribution in [0.1, 0.15) is 35.0 Å². The molecule has 0 spiro atoms. The van der Waals surface area contributed by atoms with Crippen LogP contribution in [-0.4, -0.2) is 49.2 Å². The number of aromatic amines is 1. The van der Waals surface area contributed by atoms with Crippen LogP contribution in [0.25, 0.3) is 10.9 Å². The van der Waals surface area contributed by atoms with E-state index in [0.29, 0.717) is 37.6 Å². The molecule has 0 amide bonds. The van der Waals surface area contributed by atoms with E-state index in [1.807, 2.05) is 44.2 Å². The summed E-state index contributed by atoms with van der Waals surface area (Å²) in [5.41, 5.74) is 4.82. The first-order valence-electron chi connectivity index (χ1n) is 11.7. The van der Waals surface area contributed by atoms with E-state index in [1.54, 1.807) is 6.92 Å². The predicted octanol–water partition coefficient (Wildman–Crippen LogP) is 2.94. The highest BCUT2D eigenvalue weighted by Gasteiger charge is 2.17. The number of rotatable bonds is 10. The quantitative estimate of drug-likeness (QED) is 0.352. The van der Waals surface area contributed by atoms with Crippen molar-refractivity contribution in [3.05, 3.63) is 87.0 Å². The number of nitrogens with zero attached hydrogens (tertiary/aromatic N) is 5. The van der Waals surface area contributed by atoms with Crippen LogP contribution in [0.3, 0.4) is 0 Å². The van der Waals surface area contributed by atoms with Crippen LogP contribution in [0, 0.1) is 13.8 Å². The van der Waals surface area contributed by atoms with Crippen LogP contribution in [0.4, 0.5) is 0 Å². The molecule has 0 saturated heterocycles. The standard InChI is InChI=1S/C26H30N6O3/c1-4-35-25(33)17-32-24(28-29-30-32)16-31(11-10-20-8-6-5-7-9-20)15-21-14-22-19(3)12-18(2)13-23(22)27-26(21)34/h5-9,12-14H,4,10-11,15-17H2,1-3H3,(H,27,34). The van der Waals surface area contributed by atoms with E-state index in [1.165, 1.54) is 10.2 Å². The number of H-pyrrole nitrogens is 1. The van der Waals surface area contributed by atoms with Gasteiger partial charge in [-0.1, -0.05) is 36.4 Å². The summed E-state index contributed by atoms with van der Waals surface area (Å²) >= 11 is 0. The number of hydrogen-bond donors (Lipinski definition) is 1. The van der Waals surface area contributed by atoms with Gasteiger partial charge in [-0.05, 0) is 66.4 Å². The lowest BCUT2D eigenvalue weighted by Crippen LogP contribution is -2.30. The largest absolute Gasteiger partial charge is 0.465 e. The van der Waals surface area contributed by atoms with Crippen LogP contribution < -0.4 is 5.56 Å². The Morgan fingerprint density at radius 1 is 1.11 bits per heavy atom. The van der Waals surface area contributed by atoms with Gasteiger partial charge in [-0.2, -0.15) is 0 Å². The minimum Gasteiger partial charge on any atom is -0.465 e. The molecule has 2 aromatic heterocycles. The second-order valence-corrected chi connectivity index (χ2v) is 8.67. The molecule has 182 valence electrons. The Morgan fingerprint density at radius 2 is 1.91 bits per heavy atom. The van der Waals surface area contributed by atoms with Gasteiger partial charge in [0.15, 0.2) is 5.82 Å². The van der Waals surface area contributed by atoms with Crippen molar-refractivity contribution >= 4 is 16.9 Å². The van der Waals surface area contributed by atoms with Crippen molar-refractivity contribution in [2.24, 2.45) is 0 Å². The molecule has 0 aliphatic carbocycles. The average Bonchev–Trinajstić information content (AvgIpc) is 3.25. The summed E-state index contributed by atoms with van der Waals surface area (Å²) in [6, 6.07) is 16.3. The molecule has 2 heterocycles. The number of nitrogens with one attached hydrogen (secondary N) is 1. The fourth-order valence-corrected chi connectivity index (χ4v) is 4.21. The summed E-state index contributed by atoms with van der Waals surface area (Å²) in [4.78, 5) is 30.1. The number of ether oxygens (including phenoxy) is 1. The maximum atomic E-state index is 13.0. The molecule has 1 N–H and O–H groups in total. The van der Waals surface area contributed by atoms with E-state index in [9.17, 15) is 9.59 Å². The Balaban J connectivity index is 1.60. The smallest absolute Gasteiger partial charge is 0.327 e. The summed E-state index contributed by atoms with van der Waals surface area (Å²) in [6.07, 6.45) is 0.796. The van der Waals surface area contributed by atoms with Gasteiger partial charge < -0.3 is 9.72 Å². The minimum absolute atomic E-state index is 0.0577. The first-order chi connectivity index (χ1) is 16.9. The molecule has 0 fully saturated rings. The third kappa shape index (κ3) is 6.19. The number of pyridine rings is 1. The van der Waals surface area contributed by atoms with E-state index < -0.39 is 5.97 Å². The Hall–Kier alpha value is -3.85. The molecule has 0 aliphatic rings. The lowest BCUT2D eigenvalue weighted by molar-refractivity contribution is -0.144. The zero-order chi connectivity index (χ0) is 24.8. The van der Waals surface area contributed by atoms with Gasteiger partial charge in [0.2, 0.25) is 0 Å². The molecule has 35 heavy (non-hydrogen) atoms. The number of carbonyl (C=O) groups excluding carboxylic acids is 1. The van der Waals surface area contributed by atoms with Crippen molar-refractivity contribution in [1.82, 2.24) is 30.1 Å². The fourth-order valence-electron chi connectivity index (χ4n) is 4.21. The number of tetrazole rings is 1. The number of carbonyl (C=O) groups is 1. The molecular weight excluding hydrogens is 444 g/mol. The summed E-state index contributed by atoms with van der Waals surface area (Å²) in [5, 5.41) is 12.9. The zero-order valence-corrected chi connectivity index (χ0v) is 20.3. The molecule has 0 bridgehead atoms. The highest BCUT2D eigenvalue weighted by atomic mass is 16.5. The van der Waals surface area contributed by atoms with Gasteiger partial charge in [0.1, 0.15) is 6.54 Å². The van der Waals surface area contributed by atoms with Gasteiger partial charge in [-0.15, -0.1) is 5.10 Å². The maximum Gasteiger partial charge on any atom is 0.327 e. The molecule has 4 aromatic rings. The van der Waals surface area contributed by atoms with Gasteiger partial charge in [0.25, 0.3) is 5.56 Å². The van der Waals surface area contributed by atoms with Gasteiger partial charge in [0, 0.05) is 29.6 Å². The van der Waals surface area contributed by atoms with Gasteiger partial charge in [-0.25, -0.2) is 4.68 Å². The van der Waals surface area contributed by atoms with Gasteiger partial charge >= 0.3 is 5.97 Å². The van der Waals surface area contributed by atoms with E-state index in [4.69, 9.17) is 4.74 Å². The molecule has 9 nitrogen and oxygen atoms in total. The van der Waals surface area contributed by atoms with Crippen LogP contribution in [-0.2, 0) is 35.6 Å². The molecule has 2 aromatic carbocycles. The number of fused-ring (bicyclic) bond motifs is 1. The Morgan fingerprint density at radius 3 is 2.69 bits per heavy atom. The molecule has 0 radical (unpaired) electrons. The van der Waals surface area contributed by atoms with Crippen LogP contribution in [0.2, 0.25) is 0 Å².